The van der Waals surface area contributed by atoms with Crippen molar-refractivity contribution in [1.82, 2.24) is 14.9 Å². The molecule has 32 heavy (non-hydrogen) atoms. The van der Waals surface area contributed by atoms with E-state index in [1.54, 1.807) is 43.0 Å². The minimum Gasteiger partial charge on any atom is -0.490 e. The third-order valence-electron chi connectivity index (χ3n) is 5.27. The fourth-order valence-electron chi connectivity index (χ4n) is 3.90. The van der Waals surface area contributed by atoms with Crippen molar-refractivity contribution in [2.24, 2.45) is 5.92 Å². The number of fused-ring (bicyclic) bond motifs is 3. The molecule has 0 saturated heterocycles. The average molecular weight is 462 g/mol. The predicted octanol–water partition coefficient (Wildman–Crippen LogP) is 4.22. The Balaban J connectivity index is 2.10. The minimum atomic E-state index is -1.10. The van der Waals surface area contributed by atoms with Crippen LogP contribution in [0.4, 0.5) is 4.79 Å². The van der Waals surface area contributed by atoms with Gasteiger partial charge in [-0.05, 0) is 36.8 Å². The van der Waals surface area contributed by atoms with Crippen molar-refractivity contribution < 1.29 is 19.4 Å². The molecule has 0 radical (unpaired) electrons. The number of carbonyl (C=O) groups is 1. The van der Waals surface area contributed by atoms with Crippen LogP contribution in [-0.4, -0.2) is 47.1 Å². The van der Waals surface area contributed by atoms with Crippen LogP contribution in [0.2, 0.25) is 5.02 Å². The van der Waals surface area contributed by atoms with E-state index in [9.17, 15) is 9.59 Å². The summed E-state index contributed by atoms with van der Waals surface area (Å²) in [5.74, 6) is 0.667. The number of aryl methyl sites for hydroxylation is 1. The third-order valence-corrected chi connectivity index (χ3v) is 5.57. The van der Waals surface area contributed by atoms with Crippen LogP contribution in [0.1, 0.15) is 26.0 Å². The number of pyridine rings is 2. The Kier molecular flexibility index (Phi) is 7.58. The summed E-state index contributed by atoms with van der Waals surface area (Å²) in [5.41, 5.74) is 1.15. The summed E-state index contributed by atoms with van der Waals surface area (Å²) in [7, 11) is 1.58. The summed E-state index contributed by atoms with van der Waals surface area (Å²) in [5, 5.41) is 14.1. The lowest BCUT2D eigenvalue weighted by molar-refractivity contribution is 0.176. The molecular weight excluding hydrogens is 434 g/mol. The van der Waals surface area contributed by atoms with Gasteiger partial charge in [-0.25, -0.2) is 4.79 Å². The molecule has 0 aliphatic rings. The van der Waals surface area contributed by atoms with Crippen molar-refractivity contribution in [2.75, 3.05) is 20.3 Å². The van der Waals surface area contributed by atoms with Crippen LogP contribution in [0.3, 0.4) is 0 Å². The number of amides is 1. The fourth-order valence-corrected chi connectivity index (χ4v) is 4.12. The number of aromatic nitrogens is 2. The first-order valence-corrected chi connectivity index (χ1v) is 10.8. The standard InChI is InChI=1S/C23H28ClN3O5/c1-13(2)9-15(26-23(29)30)12-32-20-11-19-17(10-18(20)24)16-5-6-25-14(3)21(16)22(28)27(19)7-8-31-4/h5-6,10-11,13,15,26H,7-9,12H2,1-4H3,(H,29,30). The number of halogens is 1. The van der Waals surface area contributed by atoms with Crippen molar-refractivity contribution in [2.45, 2.75) is 39.8 Å². The molecule has 2 heterocycles. The Hall–Kier alpha value is -2.84. The quantitative estimate of drug-likeness (QED) is 0.462. The second-order valence-electron chi connectivity index (χ2n) is 8.16. The Bertz CT molecular complexity index is 1190. The summed E-state index contributed by atoms with van der Waals surface area (Å²) < 4.78 is 12.8. The van der Waals surface area contributed by atoms with Gasteiger partial charge in [0.25, 0.3) is 5.56 Å². The smallest absolute Gasteiger partial charge is 0.404 e. The van der Waals surface area contributed by atoms with Gasteiger partial charge in [0, 0.05) is 31.3 Å². The maximum Gasteiger partial charge on any atom is 0.404 e. The molecule has 0 bridgehead atoms. The van der Waals surface area contributed by atoms with Crippen molar-refractivity contribution in [1.29, 1.82) is 0 Å². The van der Waals surface area contributed by atoms with Gasteiger partial charge < -0.3 is 24.5 Å². The Morgan fingerprint density at radius 3 is 2.72 bits per heavy atom. The number of nitrogens with one attached hydrogen (secondary N) is 1. The summed E-state index contributed by atoms with van der Waals surface area (Å²) in [6.07, 6.45) is 1.18. The van der Waals surface area contributed by atoms with Crippen molar-refractivity contribution in [3.8, 4) is 5.75 Å². The largest absolute Gasteiger partial charge is 0.490 e. The highest BCUT2D eigenvalue weighted by atomic mass is 35.5. The molecule has 1 unspecified atom stereocenters. The molecule has 2 N–H and O–H groups in total. The van der Waals surface area contributed by atoms with Crippen LogP contribution in [0.25, 0.3) is 21.7 Å². The Morgan fingerprint density at radius 2 is 2.06 bits per heavy atom. The zero-order chi connectivity index (χ0) is 23.4. The van der Waals surface area contributed by atoms with Crippen molar-refractivity contribution in [3.63, 3.8) is 0 Å². The third kappa shape index (κ3) is 5.14. The highest BCUT2D eigenvalue weighted by Crippen LogP contribution is 2.33. The van der Waals surface area contributed by atoms with E-state index in [2.05, 4.69) is 10.3 Å². The van der Waals surface area contributed by atoms with E-state index in [-0.39, 0.29) is 24.1 Å². The number of ether oxygens (including phenoxy) is 2. The molecule has 0 aliphatic carbocycles. The second kappa shape index (κ2) is 10.2. The molecule has 1 aromatic carbocycles. The highest BCUT2D eigenvalue weighted by Gasteiger charge is 2.18. The number of benzene rings is 1. The van der Waals surface area contributed by atoms with E-state index in [0.29, 0.717) is 46.9 Å². The Labute approximate surface area is 191 Å². The van der Waals surface area contributed by atoms with Gasteiger partial charge in [-0.3, -0.25) is 9.78 Å². The molecular formula is C23H28ClN3O5. The van der Waals surface area contributed by atoms with E-state index in [1.165, 1.54) is 0 Å². The van der Waals surface area contributed by atoms with E-state index >= 15 is 0 Å². The second-order valence-corrected chi connectivity index (χ2v) is 8.56. The van der Waals surface area contributed by atoms with Crippen LogP contribution in [-0.2, 0) is 11.3 Å². The van der Waals surface area contributed by atoms with Gasteiger partial charge in [0.05, 0.1) is 34.3 Å². The number of hydrogen-bond acceptors (Lipinski definition) is 5. The normalized spacial score (nSPS) is 12.4. The zero-order valence-corrected chi connectivity index (χ0v) is 19.4. The number of methoxy groups -OCH3 is 1. The minimum absolute atomic E-state index is 0.120. The van der Waals surface area contributed by atoms with Gasteiger partial charge in [0.1, 0.15) is 12.4 Å². The fraction of sp³-hybridized carbons (Fsp3) is 0.435. The van der Waals surface area contributed by atoms with Crippen LogP contribution in [0.5, 0.6) is 5.75 Å². The van der Waals surface area contributed by atoms with Gasteiger partial charge in [-0.2, -0.15) is 0 Å². The average Bonchev–Trinajstić information content (AvgIpc) is 2.71. The van der Waals surface area contributed by atoms with Gasteiger partial charge in [0.2, 0.25) is 0 Å². The molecule has 8 nitrogen and oxygen atoms in total. The van der Waals surface area contributed by atoms with E-state index in [0.717, 1.165) is 10.8 Å². The molecule has 0 fully saturated rings. The summed E-state index contributed by atoms with van der Waals surface area (Å²) in [6.45, 7) is 6.66. The molecule has 1 atom stereocenters. The van der Waals surface area contributed by atoms with Crippen LogP contribution >= 0.6 is 11.6 Å². The first-order chi connectivity index (χ1) is 15.2. The molecule has 3 aromatic rings. The Morgan fingerprint density at radius 1 is 1.31 bits per heavy atom. The van der Waals surface area contributed by atoms with Gasteiger partial charge >= 0.3 is 6.09 Å². The van der Waals surface area contributed by atoms with Gasteiger partial charge in [-0.15, -0.1) is 0 Å². The lowest BCUT2D eigenvalue weighted by atomic mass is 10.0. The summed E-state index contributed by atoms with van der Waals surface area (Å²) in [6, 6.07) is 4.93. The zero-order valence-electron chi connectivity index (χ0n) is 18.6. The molecule has 0 aliphatic heterocycles. The lowest BCUT2D eigenvalue weighted by Crippen LogP contribution is -2.39. The van der Waals surface area contributed by atoms with Crippen LogP contribution < -0.4 is 15.6 Å². The topological polar surface area (TPSA) is 103 Å². The van der Waals surface area contributed by atoms with Crippen molar-refractivity contribution >= 4 is 39.4 Å². The molecule has 0 spiro atoms. The van der Waals surface area contributed by atoms with Crippen LogP contribution in [0, 0.1) is 12.8 Å². The number of nitrogens with zero attached hydrogens (tertiary/aromatic N) is 2. The first-order valence-electron chi connectivity index (χ1n) is 10.5. The maximum atomic E-state index is 13.3. The first kappa shape index (κ1) is 23.8. The maximum absolute atomic E-state index is 13.3. The molecule has 172 valence electrons. The van der Waals surface area contributed by atoms with Gasteiger partial charge in [0.15, 0.2) is 0 Å². The number of hydrogen-bond donors (Lipinski definition) is 2. The van der Waals surface area contributed by atoms with E-state index < -0.39 is 6.09 Å². The van der Waals surface area contributed by atoms with E-state index in [1.807, 2.05) is 13.8 Å². The van der Waals surface area contributed by atoms with E-state index in [4.69, 9.17) is 26.2 Å². The molecule has 1 amide bonds. The van der Waals surface area contributed by atoms with Crippen LogP contribution in [0.15, 0.2) is 29.2 Å². The summed E-state index contributed by atoms with van der Waals surface area (Å²) in [4.78, 5) is 28.7. The summed E-state index contributed by atoms with van der Waals surface area (Å²) >= 11 is 6.55. The number of carboxylic acid groups (broad SMARTS) is 1. The number of rotatable bonds is 9. The molecule has 0 saturated carbocycles. The van der Waals surface area contributed by atoms with Crippen molar-refractivity contribution in [3.05, 3.63) is 45.5 Å². The highest BCUT2D eigenvalue weighted by molar-refractivity contribution is 6.33. The predicted molar refractivity (Wildman–Crippen MR) is 125 cm³/mol. The molecule has 2 aromatic heterocycles. The SMILES string of the molecule is COCCn1c(=O)c2c(C)nccc2c2cc(Cl)c(OCC(CC(C)C)NC(=O)O)cc21. The molecule has 9 heteroatoms. The molecule has 3 rings (SSSR count). The van der Waals surface area contributed by atoms with Gasteiger partial charge in [-0.1, -0.05) is 25.4 Å². The lowest BCUT2D eigenvalue weighted by Gasteiger charge is -2.21. The monoisotopic (exact) mass is 461 g/mol.